The van der Waals surface area contributed by atoms with E-state index in [-0.39, 0.29) is 11.6 Å². The molecule has 2 aromatic heterocycles. The fraction of sp³-hybridized carbons (Fsp3) is 0.182. The smallest absolute Gasteiger partial charge is 0.271 e. The van der Waals surface area contributed by atoms with Crippen molar-refractivity contribution in [1.82, 2.24) is 15.2 Å². The Morgan fingerprint density at radius 1 is 0.963 bits per heavy atom. The molecule has 0 radical (unpaired) electrons. The van der Waals surface area contributed by atoms with E-state index >= 15 is 0 Å². The minimum absolute atomic E-state index is 0.0692. The first-order chi connectivity index (χ1) is 13.3. The van der Waals surface area contributed by atoms with Gasteiger partial charge in [-0.15, -0.1) is 0 Å². The molecule has 1 unspecified atom stereocenters. The molecule has 0 saturated carbocycles. The lowest BCUT2D eigenvalue weighted by molar-refractivity contribution is 0.642. The van der Waals surface area contributed by atoms with E-state index in [4.69, 9.17) is 0 Å². The minimum atomic E-state index is -0.0692. The highest BCUT2D eigenvalue weighted by Gasteiger charge is 2.12. The van der Waals surface area contributed by atoms with Crippen LogP contribution < -0.4 is 10.9 Å². The molecule has 136 valence electrons. The van der Waals surface area contributed by atoms with Gasteiger partial charge in [0.25, 0.3) is 5.56 Å². The highest BCUT2D eigenvalue weighted by Crippen LogP contribution is 2.24. The Morgan fingerprint density at radius 2 is 1.81 bits per heavy atom. The molecule has 0 aliphatic rings. The van der Waals surface area contributed by atoms with Crippen molar-refractivity contribution in [3.8, 4) is 0 Å². The Labute approximate surface area is 157 Å². The normalized spacial score (nSPS) is 12.1. The van der Waals surface area contributed by atoms with Gasteiger partial charge in [-0.25, -0.2) is 4.98 Å². The van der Waals surface area contributed by atoms with Crippen LogP contribution in [0.15, 0.2) is 77.7 Å². The number of nitrogens with one attached hydrogen (secondary N) is 3. The van der Waals surface area contributed by atoms with Gasteiger partial charge in [-0.2, -0.15) is 0 Å². The van der Waals surface area contributed by atoms with E-state index < -0.39 is 0 Å². The zero-order valence-corrected chi connectivity index (χ0v) is 15.0. The van der Waals surface area contributed by atoms with Crippen molar-refractivity contribution in [2.24, 2.45) is 0 Å². The SMILES string of the molecule is O=c1[nH][nH]c2cc(CCCC(Nc3ccccn3)c3ccccc3)ccc12. The van der Waals surface area contributed by atoms with E-state index in [2.05, 4.69) is 50.8 Å². The zero-order valence-electron chi connectivity index (χ0n) is 15.0. The van der Waals surface area contributed by atoms with Crippen molar-refractivity contribution in [2.75, 3.05) is 5.32 Å². The standard InChI is InChI=1S/C22H22N4O/c27-22-18-13-12-16(15-20(18)25-26-22)7-6-10-19(17-8-2-1-3-9-17)24-21-11-4-5-14-23-21/h1-5,8-9,11-15,19H,6-7,10H2,(H,23,24)(H2,25,26,27). The topological polar surface area (TPSA) is 73.6 Å². The Kier molecular flexibility index (Phi) is 5.01. The van der Waals surface area contributed by atoms with E-state index in [1.54, 1.807) is 6.20 Å². The van der Waals surface area contributed by atoms with E-state index in [1.807, 2.05) is 36.4 Å². The molecule has 4 rings (SSSR count). The maximum absolute atomic E-state index is 11.6. The van der Waals surface area contributed by atoms with Gasteiger partial charge >= 0.3 is 0 Å². The molecule has 0 spiro atoms. The second kappa shape index (κ2) is 7.91. The number of fused-ring (bicyclic) bond motifs is 1. The molecular formula is C22H22N4O. The van der Waals surface area contributed by atoms with E-state index in [0.29, 0.717) is 5.39 Å². The number of hydrogen-bond donors (Lipinski definition) is 3. The van der Waals surface area contributed by atoms with Crippen LogP contribution in [0.25, 0.3) is 10.9 Å². The third-order valence-corrected chi connectivity index (χ3v) is 4.79. The quantitative estimate of drug-likeness (QED) is 0.458. The number of aryl methyl sites for hydroxylation is 1. The van der Waals surface area contributed by atoms with E-state index in [0.717, 1.165) is 30.6 Å². The van der Waals surface area contributed by atoms with Crippen LogP contribution >= 0.6 is 0 Å². The summed E-state index contributed by atoms with van der Waals surface area (Å²) in [6, 6.07) is 22.6. The lowest BCUT2D eigenvalue weighted by Gasteiger charge is -2.20. The molecular weight excluding hydrogens is 336 g/mol. The monoisotopic (exact) mass is 358 g/mol. The van der Waals surface area contributed by atoms with Crippen LogP contribution in [0.3, 0.4) is 0 Å². The average Bonchev–Trinajstić information content (AvgIpc) is 3.09. The molecule has 0 fully saturated rings. The summed E-state index contributed by atoms with van der Waals surface area (Å²) in [4.78, 5) is 16.0. The van der Waals surface area contributed by atoms with Crippen LogP contribution in [-0.4, -0.2) is 15.2 Å². The Balaban J connectivity index is 1.45. The van der Waals surface area contributed by atoms with Crippen molar-refractivity contribution in [2.45, 2.75) is 25.3 Å². The summed E-state index contributed by atoms with van der Waals surface area (Å²) in [6.45, 7) is 0. The number of aromatic amines is 2. The number of pyridine rings is 1. The zero-order chi connectivity index (χ0) is 18.5. The second-order valence-electron chi connectivity index (χ2n) is 6.67. The molecule has 0 bridgehead atoms. The van der Waals surface area contributed by atoms with Crippen molar-refractivity contribution >= 4 is 16.7 Å². The van der Waals surface area contributed by atoms with E-state index in [1.165, 1.54) is 11.1 Å². The summed E-state index contributed by atoms with van der Waals surface area (Å²) in [7, 11) is 0. The van der Waals surface area contributed by atoms with Gasteiger partial charge in [0, 0.05) is 6.20 Å². The molecule has 2 aromatic carbocycles. The number of rotatable bonds is 7. The highest BCUT2D eigenvalue weighted by molar-refractivity contribution is 5.78. The van der Waals surface area contributed by atoms with Crippen molar-refractivity contribution in [1.29, 1.82) is 0 Å². The lowest BCUT2D eigenvalue weighted by Crippen LogP contribution is -2.12. The maximum atomic E-state index is 11.6. The van der Waals surface area contributed by atoms with Gasteiger partial charge in [-0.1, -0.05) is 42.5 Å². The maximum Gasteiger partial charge on any atom is 0.271 e. The molecule has 1 atom stereocenters. The largest absolute Gasteiger partial charge is 0.363 e. The molecule has 4 aromatic rings. The third-order valence-electron chi connectivity index (χ3n) is 4.79. The minimum Gasteiger partial charge on any atom is -0.363 e. The number of H-pyrrole nitrogens is 2. The molecule has 0 aliphatic heterocycles. The first-order valence-electron chi connectivity index (χ1n) is 9.21. The van der Waals surface area contributed by atoms with Crippen LogP contribution in [0.4, 0.5) is 5.82 Å². The predicted octanol–water partition coefficient (Wildman–Crippen LogP) is 4.43. The van der Waals surface area contributed by atoms with Gasteiger partial charge in [0.1, 0.15) is 5.82 Å². The Morgan fingerprint density at radius 3 is 2.63 bits per heavy atom. The summed E-state index contributed by atoms with van der Waals surface area (Å²) in [5.41, 5.74) is 3.28. The molecule has 27 heavy (non-hydrogen) atoms. The van der Waals surface area contributed by atoms with Crippen molar-refractivity contribution < 1.29 is 0 Å². The summed E-state index contributed by atoms with van der Waals surface area (Å²) < 4.78 is 0. The average molecular weight is 358 g/mol. The predicted molar refractivity (Wildman–Crippen MR) is 109 cm³/mol. The van der Waals surface area contributed by atoms with Gasteiger partial charge in [0.2, 0.25) is 0 Å². The molecule has 3 N–H and O–H groups in total. The molecule has 0 aliphatic carbocycles. The fourth-order valence-corrected chi connectivity index (χ4v) is 3.38. The Hall–Kier alpha value is -3.34. The van der Waals surface area contributed by atoms with Crippen LogP contribution in [0.5, 0.6) is 0 Å². The number of anilines is 1. The van der Waals surface area contributed by atoms with Crippen LogP contribution in [-0.2, 0) is 6.42 Å². The van der Waals surface area contributed by atoms with Crippen LogP contribution in [0, 0.1) is 0 Å². The molecule has 5 heteroatoms. The summed E-state index contributed by atoms with van der Waals surface area (Å²) in [5.74, 6) is 0.887. The van der Waals surface area contributed by atoms with Gasteiger partial charge in [-0.3, -0.25) is 15.0 Å². The first-order valence-corrected chi connectivity index (χ1v) is 9.21. The second-order valence-corrected chi connectivity index (χ2v) is 6.67. The number of benzene rings is 2. The lowest BCUT2D eigenvalue weighted by atomic mass is 9.98. The third kappa shape index (κ3) is 4.08. The summed E-state index contributed by atoms with van der Waals surface area (Å²) in [5, 5.41) is 9.81. The highest BCUT2D eigenvalue weighted by atomic mass is 16.1. The molecule has 5 nitrogen and oxygen atoms in total. The van der Waals surface area contributed by atoms with Gasteiger partial charge in [-0.05, 0) is 54.7 Å². The van der Waals surface area contributed by atoms with Crippen LogP contribution in [0.1, 0.15) is 30.0 Å². The van der Waals surface area contributed by atoms with Crippen LogP contribution in [0.2, 0.25) is 0 Å². The number of nitrogens with zero attached hydrogens (tertiary/aromatic N) is 1. The summed E-state index contributed by atoms with van der Waals surface area (Å²) in [6.07, 6.45) is 4.77. The molecule has 0 amide bonds. The van der Waals surface area contributed by atoms with Gasteiger partial charge in [0.15, 0.2) is 0 Å². The number of hydrogen-bond acceptors (Lipinski definition) is 3. The number of aromatic nitrogens is 3. The van der Waals surface area contributed by atoms with Gasteiger partial charge < -0.3 is 5.32 Å². The van der Waals surface area contributed by atoms with Crippen molar-refractivity contribution in [3.05, 3.63) is 94.4 Å². The fourth-order valence-electron chi connectivity index (χ4n) is 3.38. The van der Waals surface area contributed by atoms with Gasteiger partial charge in [0.05, 0.1) is 16.9 Å². The Bertz CT molecular complexity index is 1050. The van der Waals surface area contributed by atoms with E-state index in [9.17, 15) is 4.79 Å². The summed E-state index contributed by atoms with van der Waals surface area (Å²) >= 11 is 0. The molecule has 0 saturated heterocycles. The first kappa shape index (κ1) is 17.1. The molecule has 2 heterocycles. The van der Waals surface area contributed by atoms with Crippen molar-refractivity contribution in [3.63, 3.8) is 0 Å².